The molecule has 0 aromatic heterocycles. The van der Waals surface area contributed by atoms with Crippen LogP contribution in [0, 0.1) is 0 Å². The number of aliphatic hydroxyl groups is 1. The highest BCUT2D eigenvalue weighted by Crippen LogP contribution is 2.30. The van der Waals surface area contributed by atoms with E-state index in [1.807, 2.05) is 49.1 Å². The Kier molecular flexibility index (Phi) is 4.12. The number of urea groups is 1. The van der Waals surface area contributed by atoms with Crippen LogP contribution in [0.15, 0.2) is 30.3 Å². The molecule has 3 amide bonds. The Labute approximate surface area is 136 Å². The van der Waals surface area contributed by atoms with Crippen molar-refractivity contribution in [2.24, 2.45) is 0 Å². The van der Waals surface area contributed by atoms with E-state index in [1.54, 1.807) is 0 Å². The van der Waals surface area contributed by atoms with Gasteiger partial charge in [0.15, 0.2) is 0 Å². The minimum absolute atomic E-state index is 0.144. The van der Waals surface area contributed by atoms with Crippen molar-refractivity contribution in [3.05, 3.63) is 35.9 Å². The van der Waals surface area contributed by atoms with E-state index < -0.39 is 11.6 Å². The minimum atomic E-state index is -0.822. The van der Waals surface area contributed by atoms with Crippen LogP contribution in [0.25, 0.3) is 0 Å². The molecule has 2 fully saturated rings. The zero-order chi connectivity index (χ0) is 16.6. The fraction of sp³-hybridized carbons (Fsp3) is 0.529. The number of carbonyl (C=O) groups is 2. The summed E-state index contributed by atoms with van der Waals surface area (Å²) in [6, 6.07) is 9.02. The second-order valence-corrected chi connectivity index (χ2v) is 6.69. The van der Waals surface area contributed by atoms with Gasteiger partial charge in [-0.2, -0.15) is 0 Å². The van der Waals surface area contributed by atoms with Gasteiger partial charge in [0, 0.05) is 25.7 Å². The van der Waals surface area contributed by atoms with E-state index in [1.165, 1.54) is 4.90 Å². The largest absolute Gasteiger partial charge is 0.387 e. The number of hydrogen-bond donors (Lipinski definition) is 2. The van der Waals surface area contributed by atoms with Gasteiger partial charge in [0.25, 0.3) is 5.91 Å². The molecule has 23 heavy (non-hydrogen) atoms. The van der Waals surface area contributed by atoms with Gasteiger partial charge in [-0.05, 0) is 25.8 Å². The molecule has 2 atom stereocenters. The molecule has 2 N–H and O–H groups in total. The first-order valence-corrected chi connectivity index (χ1v) is 8.04. The topological polar surface area (TPSA) is 72.9 Å². The van der Waals surface area contributed by atoms with Gasteiger partial charge < -0.3 is 10.4 Å². The Balaban J connectivity index is 1.67. The zero-order valence-electron chi connectivity index (χ0n) is 13.5. The van der Waals surface area contributed by atoms with Gasteiger partial charge in [0.1, 0.15) is 5.54 Å². The molecule has 3 rings (SSSR count). The summed E-state index contributed by atoms with van der Waals surface area (Å²) in [4.78, 5) is 28.0. The lowest BCUT2D eigenvalue weighted by atomic mass is 9.98. The average molecular weight is 317 g/mol. The lowest BCUT2D eigenvalue weighted by molar-refractivity contribution is -0.132. The maximum absolute atomic E-state index is 12.6. The molecule has 0 unspecified atom stereocenters. The molecule has 2 aliphatic heterocycles. The van der Waals surface area contributed by atoms with Gasteiger partial charge in [-0.1, -0.05) is 30.3 Å². The molecule has 0 aliphatic carbocycles. The number of β-amino-alcohol motifs (C(OH)–C–C–N with tert-alkyl or cyclic N) is 1. The molecule has 0 saturated carbocycles. The molecule has 2 saturated heterocycles. The number of carbonyl (C=O) groups excluding carboxylic acids is 2. The summed E-state index contributed by atoms with van der Waals surface area (Å²) in [5.74, 6) is -0.144. The van der Waals surface area contributed by atoms with Crippen molar-refractivity contribution >= 4 is 11.9 Å². The third-order valence-electron chi connectivity index (χ3n) is 4.67. The summed E-state index contributed by atoms with van der Waals surface area (Å²) >= 11 is 0. The number of rotatable bonds is 4. The maximum Gasteiger partial charge on any atom is 0.325 e. The summed E-state index contributed by atoms with van der Waals surface area (Å²) < 4.78 is 0. The van der Waals surface area contributed by atoms with Gasteiger partial charge in [-0.3, -0.25) is 14.6 Å². The molecule has 124 valence electrons. The van der Waals surface area contributed by atoms with Crippen LogP contribution in [-0.2, 0) is 4.79 Å². The summed E-state index contributed by atoms with van der Waals surface area (Å²) in [6.45, 7) is 5.26. The number of aliphatic hydroxyl groups excluding tert-OH is 1. The van der Waals surface area contributed by atoms with Crippen LogP contribution in [0.5, 0.6) is 0 Å². The Morgan fingerprint density at radius 2 is 1.96 bits per heavy atom. The SMILES string of the molecule is CC(C)N1C(=O)N[C@]2(CCN(C[C@@H](O)c3ccccc3)C2)C1=O. The van der Waals surface area contributed by atoms with Gasteiger partial charge in [0.05, 0.1) is 6.10 Å². The van der Waals surface area contributed by atoms with E-state index >= 15 is 0 Å². The van der Waals surface area contributed by atoms with E-state index in [0.29, 0.717) is 26.1 Å². The third kappa shape index (κ3) is 2.84. The van der Waals surface area contributed by atoms with Crippen LogP contribution in [0.2, 0.25) is 0 Å². The standard InChI is InChI=1S/C17H23N3O3/c1-12(2)20-15(22)17(18-16(20)23)8-9-19(11-17)10-14(21)13-6-4-3-5-7-13/h3-7,12,14,21H,8-11H2,1-2H3,(H,18,23)/t14-,17+/m1/s1. The number of nitrogens with zero attached hydrogens (tertiary/aromatic N) is 2. The first-order chi connectivity index (χ1) is 10.9. The number of hydrogen-bond acceptors (Lipinski definition) is 4. The lowest BCUT2D eigenvalue weighted by Gasteiger charge is -2.24. The smallest absolute Gasteiger partial charge is 0.325 e. The van der Waals surface area contributed by atoms with Gasteiger partial charge in [-0.15, -0.1) is 0 Å². The number of amides is 3. The fourth-order valence-corrected chi connectivity index (χ4v) is 3.46. The lowest BCUT2D eigenvalue weighted by Crippen LogP contribution is -2.50. The second-order valence-electron chi connectivity index (χ2n) is 6.69. The Hall–Kier alpha value is -1.92. The summed E-state index contributed by atoms with van der Waals surface area (Å²) in [7, 11) is 0. The highest BCUT2D eigenvalue weighted by molar-refractivity contribution is 6.07. The van der Waals surface area contributed by atoms with Crippen molar-refractivity contribution in [1.29, 1.82) is 0 Å². The van der Waals surface area contributed by atoms with Crippen LogP contribution in [-0.4, -0.2) is 58.1 Å². The van der Waals surface area contributed by atoms with E-state index in [-0.39, 0.29) is 18.0 Å². The highest BCUT2D eigenvalue weighted by Gasteiger charge is 2.55. The predicted molar refractivity (Wildman–Crippen MR) is 85.7 cm³/mol. The Bertz CT molecular complexity index is 604. The van der Waals surface area contributed by atoms with Crippen LogP contribution in [0.1, 0.15) is 31.9 Å². The number of benzene rings is 1. The number of likely N-dealkylation sites (tertiary alicyclic amines) is 1. The van der Waals surface area contributed by atoms with Crippen molar-refractivity contribution in [3.8, 4) is 0 Å². The summed E-state index contributed by atoms with van der Waals surface area (Å²) in [5, 5.41) is 13.2. The van der Waals surface area contributed by atoms with Crippen LogP contribution >= 0.6 is 0 Å². The Morgan fingerprint density at radius 1 is 1.26 bits per heavy atom. The third-order valence-corrected chi connectivity index (χ3v) is 4.67. The molecular formula is C17H23N3O3. The maximum atomic E-state index is 12.6. The van der Waals surface area contributed by atoms with E-state index in [0.717, 1.165) is 5.56 Å². The number of nitrogens with one attached hydrogen (secondary N) is 1. The second kappa shape index (κ2) is 5.94. The molecule has 1 aromatic rings. The van der Waals surface area contributed by atoms with Crippen LogP contribution in [0.3, 0.4) is 0 Å². The van der Waals surface area contributed by atoms with Gasteiger partial charge in [0.2, 0.25) is 0 Å². The first kappa shape index (κ1) is 16.0. The molecule has 6 heteroatoms. The van der Waals surface area contributed by atoms with E-state index in [4.69, 9.17) is 0 Å². The van der Waals surface area contributed by atoms with Gasteiger partial charge in [-0.25, -0.2) is 4.79 Å². The fourth-order valence-electron chi connectivity index (χ4n) is 3.46. The molecule has 0 radical (unpaired) electrons. The zero-order valence-corrected chi connectivity index (χ0v) is 13.5. The van der Waals surface area contributed by atoms with Crippen molar-refractivity contribution in [2.75, 3.05) is 19.6 Å². The quantitative estimate of drug-likeness (QED) is 0.817. The Morgan fingerprint density at radius 3 is 2.57 bits per heavy atom. The first-order valence-electron chi connectivity index (χ1n) is 8.04. The molecule has 2 heterocycles. The monoisotopic (exact) mass is 317 g/mol. The molecule has 1 spiro atoms. The predicted octanol–water partition coefficient (Wildman–Crippen LogP) is 1.12. The van der Waals surface area contributed by atoms with Crippen molar-refractivity contribution in [2.45, 2.75) is 38.0 Å². The van der Waals surface area contributed by atoms with E-state index in [9.17, 15) is 14.7 Å². The highest BCUT2D eigenvalue weighted by atomic mass is 16.3. The average Bonchev–Trinajstić information content (AvgIpc) is 3.02. The molecular weight excluding hydrogens is 294 g/mol. The minimum Gasteiger partial charge on any atom is -0.387 e. The van der Waals surface area contributed by atoms with Gasteiger partial charge >= 0.3 is 6.03 Å². The normalized spacial score (nSPS) is 26.3. The van der Waals surface area contributed by atoms with Crippen molar-refractivity contribution in [1.82, 2.24) is 15.1 Å². The molecule has 6 nitrogen and oxygen atoms in total. The van der Waals surface area contributed by atoms with E-state index in [2.05, 4.69) is 5.32 Å². The van der Waals surface area contributed by atoms with Crippen LogP contribution < -0.4 is 5.32 Å². The summed E-state index contributed by atoms with van der Waals surface area (Å²) in [6.07, 6.45) is -0.0118. The summed E-state index contributed by atoms with van der Waals surface area (Å²) in [5.41, 5.74) is 0.0386. The molecule has 0 bridgehead atoms. The number of imide groups is 1. The van der Waals surface area contributed by atoms with Crippen molar-refractivity contribution < 1.29 is 14.7 Å². The molecule has 2 aliphatic rings. The molecule has 1 aromatic carbocycles. The van der Waals surface area contributed by atoms with Crippen LogP contribution in [0.4, 0.5) is 4.79 Å². The van der Waals surface area contributed by atoms with Crippen molar-refractivity contribution in [3.63, 3.8) is 0 Å².